The Bertz CT molecular complexity index is 1750. The number of hydrogen-bond donors (Lipinski definition) is 1. The van der Waals surface area contributed by atoms with E-state index >= 15 is 0 Å². The zero-order chi connectivity index (χ0) is 24.2. The summed E-state index contributed by atoms with van der Waals surface area (Å²) in [5.41, 5.74) is 1.42. The van der Waals surface area contributed by atoms with Crippen LogP contribution in [-0.4, -0.2) is 27.3 Å². The van der Waals surface area contributed by atoms with E-state index in [9.17, 15) is 22.0 Å². The summed E-state index contributed by atoms with van der Waals surface area (Å²) in [5, 5.41) is 4.27. The number of aryl methyl sites for hydroxylation is 1. The minimum atomic E-state index is -3.59. The summed E-state index contributed by atoms with van der Waals surface area (Å²) in [4.78, 5) is 12.9. The zero-order valence-electron chi connectivity index (χ0n) is 18.3. The Labute approximate surface area is 193 Å². The largest absolute Gasteiger partial charge is 0.351 e. The second-order valence-corrected chi connectivity index (χ2v) is 10.0. The molecule has 3 aromatic heterocycles. The van der Waals surface area contributed by atoms with E-state index in [2.05, 4.69) is 5.32 Å². The summed E-state index contributed by atoms with van der Waals surface area (Å²) >= 11 is 0. The van der Waals surface area contributed by atoms with Crippen LogP contribution >= 0.6 is 0 Å². The number of pyridine rings is 1. The van der Waals surface area contributed by atoms with Gasteiger partial charge < -0.3 is 14.5 Å². The highest BCUT2D eigenvalue weighted by Gasteiger charge is 2.19. The van der Waals surface area contributed by atoms with Gasteiger partial charge in [-0.25, -0.2) is 21.2 Å². The number of aromatic nitrogens is 3. The molecule has 0 spiro atoms. The van der Waals surface area contributed by atoms with Crippen LogP contribution in [0.1, 0.15) is 6.92 Å². The van der Waals surface area contributed by atoms with Crippen molar-refractivity contribution in [1.82, 2.24) is 13.1 Å². The first-order valence-corrected chi connectivity index (χ1v) is 12.1. The maximum Gasteiger partial charge on any atom is 0.275 e. The smallest absolute Gasteiger partial charge is 0.275 e. The molecule has 0 saturated carbocycles. The Morgan fingerprint density at radius 3 is 2.38 bits per heavy atom. The van der Waals surface area contributed by atoms with Crippen molar-refractivity contribution in [3.05, 3.63) is 89.1 Å². The third kappa shape index (κ3) is 3.47. The van der Waals surface area contributed by atoms with Crippen molar-refractivity contribution >= 4 is 43.2 Å². The molecule has 0 fully saturated rings. The average Bonchev–Trinajstić information content (AvgIpc) is 3.42. The van der Waals surface area contributed by atoms with Gasteiger partial charge in [-0.1, -0.05) is 0 Å². The molecule has 7 nitrogen and oxygen atoms in total. The fourth-order valence-corrected chi connectivity index (χ4v) is 4.98. The molecule has 3 heterocycles. The summed E-state index contributed by atoms with van der Waals surface area (Å²) in [7, 11) is -1.95. The molecule has 5 aromatic rings. The van der Waals surface area contributed by atoms with Crippen LogP contribution in [0.15, 0.2) is 71.9 Å². The molecule has 0 aliphatic heterocycles. The number of hydrogen-bond acceptors (Lipinski definition) is 4. The molecule has 0 radical (unpaired) electrons. The molecule has 1 N–H and O–H groups in total. The lowest BCUT2D eigenvalue weighted by Gasteiger charge is -2.16. The minimum absolute atomic E-state index is 0.0342. The highest BCUT2D eigenvalue weighted by molar-refractivity contribution is 7.90. The highest BCUT2D eigenvalue weighted by Crippen LogP contribution is 2.33. The Morgan fingerprint density at radius 2 is 1.65 bits per heavy atom. The molecule has 0 aliphatic rings. The Morgan fingerprint density at radius 1 is 0.912 bits per heavy atom. The van der Waals surface area contributed by atoms with Crippen molar-refractivity contribution in [2.24, 2.45) is 7.05 Å². The first-order valence-electron chi connectivity index (χ1n) is 10.5. The third-order valence-electron chi connectivity index (χ3n) is 5.81. The van der Waals surface area contributed by atoms with Crippen LogP contribution in [0.4, 0.5) is 20.2 Å². The second kappa shape index (κ2) is 7.84. The number of fused-ring (bicyclic) bond motifs is 2. The first-order chi connectivity index (χ1) is 16.2. The van der Waals surface area contributed by atoms with Crippen molar-refractivity contribution in [2.45, 2.75) is 6.92 Å². The Hall–Kier alpha value is -3.92. The summed E-state index contributed by atoms with van der Waals surface area (Å²) in [6.45, 7) is 1.55. The summed E-state index contributed by atoms with van der Waals surface area (Å²) in [6, 6.07) is 11.7. The number of halogens is 2. The number of anilines is 2. The van der Waals surface area contributed by atoms with Gasteiger partial charge in [-0.05, 0) is 49.4 Å². The normalized spacial score (nSPS) is 12.0. The predicted octanol–water partition coefficient (Wildman–Crippen LogP) is 4.50. The van der Waals surface area contributed by atoms with Gasteiger partial charge >= 0.3 is 0 Å². The summed E-state index contributed by atoms with van der Waals surface area (Å²) < 4.78 is 57.4. The van der Waals surface area contributed by atoms with Gasteiger partial charge in [0.05, 0.1) is 28.3 Å². The van der Waals surface area contributed by atoms with Gasteiger partial charge in [0.15, 0.2) is 0 Å². The molecule has 0 aliphatic carbocycles. The molecule has 2 aromatic carbocycles. The van der Waals surface area contributed by atoms with E-state index in [-0.39, 0.29) is 17.0 Å². The fraction of sp³-hybridized carbons (Fsp3) is 0.125. The molecule has 0 atom stereocenters. The van der Waals surface area contributed by atoms with Crippen LogP contribution in [0.3, 0.4) is 0 Å². The van der Waals surface area contributed by atoms with E-state index in [0.29, 0.717) is 33.2 Å². The molecule has 5 rings (SSSR count). The van der Waals surface area contributed by atoms with Crippen molar-refractivity contribution in [3.8, 4) is 5.69 Å². The van der Waals surface area contributed by atoms with E-state index in [1.807, 2.05) is 0 Å². The molecule has 0 saturated heterocycles. The number of nitrogens with zero attached hydrogens (tertiary/aromatic N) is 3. The molecular formula is C24H20F2N4O3S. The summed E-state index contributed by atoms with van der Waals surface area (Å²) in [6.07, 6.45) is 4.81. The van der Waals surface area contributed by atoms with Crippen LogP contribution in [-0.2, 0) is 17.1 Å². The van der Waals surface area contributed by atoms with Crippen molar-refractivity contribution in [1.29, 1.82) is 0 Å². The molecule has 34 heavy (non-hydrogen) atoms. The molecule has 0 bridgehead atoms. The van der Waals surface area contributed by atoms with Gasteiger partial charge in [-0.3, -0.25) is 4.79 Å². The quantitative estimate of drug-likeness (QED) is 0.400. The first kappa shape index (κ1) is 21.9. The molecular weight excluding hydrogens is 462 g/mol. The average molecular weight is 483 g/mol. The molecule has 10 heteroatoms. The van der Waals surface area contributed by atoms with Gasteiger partial charge in [0.1, 0.15) is 17.2 Å². The zero-order valence-corrected chi connectivity index (χ0v) is 19.1. The minimum Gasteiger partial charge on any atom is -0.351 e. The molecule has 174 valence electrons. The van der Waals surface area contributed by atoms with Crippen molar-refractivity contribution in [2.75, 3.05) is 11.1 Å². The van der Waals surface area contributed by atoms with Crippen LogP contribution < -0.4 is 10.9 Å². The van der Waals surface area contributed by atoms with E-state index in [1.54, 1.807) is 61.3 Å². The summed E-state index contributed by atoms with van der Waals surface area (Å²) in [5.74, 6) is -1.59. The Balaban J connectivity index is 1.82. The topological polar surface area (TPSA) is 78.0 Å². The van der Waals surface area contributed by atoms with Crippen molar-refractivity contribution < 1.29 is 17.2 Å². The van der Waals surface area contributed by atoms with Crippen LogP contribution in [0, 0.1) is 11.6 Å². The van der Waals surface area contributed by atoms with Crippen molar-refractivity contribution in [3.63, 3.8) is 0 Å². The predicted molar refractivity (Wildman–Crippen MR) is 129 cm³/mol. The third-order valence-corrected chi connectivity index (χ3v) is 7.46. The number of rotatable bonds is 5. The van der Waals surface area contributed by atoms with Gasteiger partial charge in [0, 0.05) is 42.5 Å². The second-order valence-electron chi connectivity index (χ2n) is 7.91. The van der Waals surface area contributed by atoms with Crippen LogP contribution in [0.2, 0.25) is 0 Å². The van der Waals surface area contributed by atoms with Gasteiger partial charge in [0.25, 0.3) is 5.56 Å². The monoisotopic (exact) mass is 482 g/mol. The maximum atomic E-state index is 14.5. The lowest BCUT2D eigenvalue weighted by molar-refractivity contribution is 0.586. The standard InChI is InChI=1S/C24H20F2N4O3S/c1-3-34(32,33)30-11-8-16-12-20(27-19-5-4-17(25)13-18(19)26)22(14-21(16)30)29-10-7-15-6-9-28(2)24(31)23(15)29/h4-14,27H,3H2,1-2H3. The van der Waals surface area contributed by atoms with Gasteiger partial charge in [-0.2, -0.15) is 0 Å². The van der Waals surface area contributed by atoms with E-state index < -0.39 is 21.7 Å². The number of nitrogens with one attached hydrogen (secondary N) is 1. The lowest BCUT2D eigenvalue weighted by Crippen LogP contribution is -2.18. The van der Waals surface area contributed by atoms with Crippen LogP contribution in [0.25, 0.3) is 27.5 Å². The number of benzene rings is 2. The molecule has 0 amide bonds. The fourth-order valence-electron chi connectivity index (χ4n) is 4.00. The van der Waals surface area contributed by atoms with Gasteiger partial charge in [0.2, 0.25) is 10.0 Å². The van der Waals surface area contributed by atoms with E-state index in [0.717, 1.165) is 12.1 Å². The van der Waals surface area contributed by atoms with Gasteiger partial charge in [-0.15, -0.1) is 0 Å². The van der Waals surface area contributed by atoms with Crippen LogP contribution in [0.5, 0.6) is 0 Å². The van der Waals surface area contributed by atoms with E-state index in [1.165, 1.54) is 20.8 Å². The molecule has 0 unspecified atom stereocenters. The Kier molecular flexibility index (Phi) is 5.05. The maximum absolute atomic E-state index is 14.5. The SMILES string of the molecule is CCS(=O)(=O)n1ccc2cc(Nc3ccc(F)cc3F)c(-n3ccc4ccn(C)c(=O)c43)cc21. The van der Waals surface area contributed by atoms with E-state index in [4.69, 9.17) is 0 Å². The lowest BCUT2D eigenvalue weighted by atomic mass is 10.1. The highest BCUT2D eigenvalue weighted by atomic mass is 32.2.